The molecule has 16 heavy (non-hydrogen) atoms. The number of likely N-dealkylation sites (N-methyl/N-ethyl adjacent to an activating group) is 1. The summed E-state index contributed by atoms with van der Waals surface area (Å²) in [7, 11) is 0.902. The van der Waals surface area contributed by atoms with Gasteiger partial charge in [-0.3, -0.25) is 0 Å². The fourth-order valence-corrected chi connectivity index (χ4v) is 2.71. The van der Waals surface area contributed by atoms with E-state index < -0.39 is 10.0 Å². The fraction of sp³-hybridized carbons (Fsp3) is 1.00. The molecule has 0 spiro atoms. The molecule has 0 aliphatic heterocycles. The Morgan fingerprint density at radius 3 is 2.19 bits per heavy atom. The number of sulfonamides is 1. The molecule has 5 heteroatoms. The van der Waals surface area contributed by atoms with Gasteiger partial charge in [0, 0.05) is 12.6 Å². The van der Waals surface area contributed by atoms with Crippen LogP contribution in [0.5, 0.6) is 0 Å². The number of hydrogen-bond donors (Lipinski definition) is 1. The molecule has 0 radical (unpaired) electrons. The van der Waals surface area contributed by atoms with Crippen LogP contribution in [0.1, 0.15) is 33.6 Å². The van der Waals surface area contributed by atoms with Crippen LogP contribution in [0.25, 0.3) is 0 Å². The molecule has 4 nitrogen and oxygen atoms in total. The summed E-state index contributed by atoms with van der Waals surface area (Å²) in [5.41, 5.74) is 0. The van der Waals surface area contributed by atoms with E-state index in [1.54, 1.807) is 0 Å². The van der Waals surface area contributed by atoms with Crippen LogP contribution in [0, 0.1) is 5.92 Å². The van der Waals surface area contributed by atoms with Gasteiger partial charge in [0.1, 0.15) is 0 Å². The van der Waals surface area contributed by atoms with Gasteiger partial charge in [-0.05, 0) is 32.9 Å². The Morgan fingerprint density at radius 2 is 1.81 bits per heavy atom. The van der Waals surface area contributed by atoms with Gasteiger partial charge >= 0.3 is 0 Å². The van der Waals surface area contributed by atoms with E-state index in [2.05, 4.69) is 23.5 Å². The summed E-state index contributed by atoms with van der Waals surface area (Å²) >= 11 is 0. The van der Waals surface area contributed by atoms with E-state index in [9.17, 15) is 8.42 Å². The van der Waals surface area contributed by atoms with Crippen molar-refractivity contribution >= 4 is 10.0 Å². The van der Waals surface area contributed by atoms with E-state index in [-0.39, 0.29) is 11.8 Å². The van der Waals surface area contributed by atoms with Gasteiger partial charge in [0.15, 0.2) is 0 Å². The van der Waals surface area contributed by atoms with Crippen molar-refractivity contribution in [2.24, 2.45) is 5.92 Å². The Morgan fingerprint density at radius 1 is 1.25 bits per heavy atom. The molecule has 0 aromatic heterocycles. The zero-order valence-electron chi connectivity index (χ0n) is 11.2. The summed E-state index contributed by atoms with van der Waals surface area (Å²) in [5.74, 6) is 0.789. The van der Waals surface area contributed by atoms with Crippen LogP contribution in [0.3, 0.4) is 0 Å². The molecule has 1 unspecified atom stereocenters. The molecule has 0 rings (SSSR count). The third-order valence-electron chi connectivity index (χ3n) is 2.49. The molecule has 0 aromatic carbocycles. The van der Waals surface area contributed by atoms with Crippen molar-refractivity contribution in [3.63, 3.8) is 0 Å². The Bertz CT molecular complexity index is 274. The molecule has 0 aliphatic carbocycles. The standard InChI is InChI=1S/C11H26N2O2S/c1-6-7-16(14,15)12-9-11(13(4)5)8-10(2)3/h10-12H,6-9H2,1-5H3. The molecule has 1 atom stereocenters. The highest BCUT2D eigenvalue weighted by Crippen LogP contribution is 2.08. The van der Waals surface area contributed by atoms with Crippen LogP contribution in [-0.2, 0) is 10.0 Å². The fourth-order valence-electron chi connectivity index (χ4n) is 1.58. The van der Waals surface area contributed by atoms with Crippen molar-refractivity contribution in [3.8, 4) is 0 Å². The largest absolute Gasteiger partial charge is 0.305 e. The monoisotopic (exact) mass is 250 g/mol. The maximum atomic E-state index is 11.5. The second kappa shape index (κ2) is 7.25. The van der Waals surface area contributed by atoms with Crippen LogP contribution >= 0.6 is 0 Å². The van der Waals surface area contributed by atoms with E-state index in [0.29, 0.717) is 18.9 Å². The maximum absolute atomic E-state index is 11.5. The topological polar surface area (TPSA) is 49.4 Å². The lowest BCUT2D eigenvalue weighted by atomic mass is 10.0. The Labute approximate surface area is 100 Å². The first-order chi connectivity index (χ1) is 7.28. The summed E-state index contributed by atoms with van der Waals surface area (Å²) in [4.78, 5) is 2.08. The molecule has 0 aromatic rings. The molecule has 1 N–H and O–H groups in total. The van der Waals surface area contributed by atoms with Crippen LogP contribution < -0.4 is 4.72 Å². The van der Waals surface area contributed by atoms with Gasteiger partial charge in [0.05, 0.1) is 5.75 Å². The average Bonchev–Trinajstić information content (AvgIpc) is 2.11. The van der Waals surface area contributed by atoms with Crippen molar-refractivity contribution in [2.75, 3.05) is 26.4 Å². The number of rotatable bonds is 8. The van der Waals surface area contributed by atoms with Crippen molar-refractivity contribution < 1.29 is 8.42 Å². The zero-order chi connectivity index (χ0) is 12.8. The molecule has 0 amide bonds. The third kappa shape index (κ3) is 7.19. The second-order valence-corrected chi connectivity index (χ2v) is 6.84. The molecule has 0 bridgehead atoms. The Hall–Kier alpha value is -0.130. The molecular formula is C11H26N2O2S. The molecule has 0 heterocycles. The summed E-state index contributed by atoms with van der Waals surface area (Å²) in [6, 6.07) is 0.270. The van der Waals surface area contributed by atoms with Gasteiger partial charge < -0.3 is 4.90 Å². The molecule has 0 saturated heterocycles. The first-order valence-electron chi connectivity index (χ1n) is 5.92. The number of hydrogen-bond acceptors (Lipinski definition) is 3. The van der Waals surface area contributed by atoms with Gasteiger partial charge in [0.25, 0.3) is 0 Å². The van der Waals surface area contributed by atoms with Gasteiger partial charge in [-0.15, -0.1) is 0 Å². The quantitative estimate of drug-likeness (QED) is 0.706. The Balaban J connectivity index is 4.22. The lowest BCUT2D eigenvalue weighted by molar-refractivity contribution is 0.255. The smallest absolute Gasteiger partial charge is 0.211 e. The lowest BCUT2D eigenvalue weighted by Gasteiger charge is -2.26. The predicted octanol–water partition coefficient (Wildman–Crippen LogP) is 1.29. The maximum Gasteiger partial charge on any atom is 0.211 e. The van der Waals surface area contributed by atoms with Gasteiger partial charge in [0.2, 0.25) is 10.0 Å². The minimum atomic E-state index is -3.07. The van der Waals surface area contributed by atoms with Gasteiger partial charge in [-0.2, -0.15) is 0 Å². The summed E-state index contributed by atoms with van der Waals surface area (Å²) < 4.78 is 25.7. The van der Waals surface area contributed by atoms with Crippen LogP contribution in [0.15, 0.2) is 0 Å². The highest BCUT2D eigenvalue weighted by Gasteiger charge is 2.16. The van der Waals surface area contributed by atoms with E-state index in [0.717, 1.165) is 6.42 Å². The predicted molar refractivity (Wildman–Crippen MR) is 69.0 cm³/mol. The molecule has 98 valence electrons. The molecule has 0 saturated carbocycles. The van der Waals surface area contributed by atoms with E-state index >= 15 is 0 Å². The minimum Gasteiger partial charge on any atom is -0.305 e. The minimum absolute atomic E-state index is 0.217. The lowest BCUT2D eigenvalue weighted by Crippen LogP contribution is -2.41. The number of nitrogens with zero attached hydrogens (tertiary/aromatic N) is 1. The molecule has 0 fully saturated rings. The van der Waals surface area contributed by atoms with Crippen molar-refractivity contribution in [3.05, 3.63) is 0 Å². The van der Waals surface area contributed by atoms with Crippen molar-refractivity contribution in [1.82, 2.24) is 9.62 Å². The molecule has 0 aliphatic rings. The van der Waals surface area contributed by atoms with Crippen molar-refractivity contribution in [2.45, 2.75) is 39.7 Å². The Kier molecular flexibility index (Phi) is 7.19. The van der Waals surface area contributed by atoms with Crippen LogP contribution in [0.2, 0.25) is 0 Å². The van der Waals surface area contributed by atoms with E-state index in [1.165, 1.54) is 0 Å². The summed E-state index contributed by atoms with van der Waals surface area (Å²) in [6.07, 6.45) is 1.66. The summed E-state index contributed by atoms with van der Waals surface area (Å²) in [6.45, 7) is 6.68. The third-order valence-corrected chi connectivity index (χ3v) is 4.04. The SMILES string of the molecule is CCCS(=O)(=O)NCC(CC(C)C)N(C)C. The first kappa shape index (κ1) is 15.9. The number of nitrogens with one attached hydrogen (secondary N) is 1. The second-order valence-electron chi connectivity index (χ2n) is 4.91. The van der Waals surface area contributed by atoms with Crippen molar-refractivity contribution in [1.29, 1.82) is 0 Å². The highest BCUT2D eigenvalue weighted by atomic mass is 32.2. The molecular weight excluding hydrogens is 224 g/mol. The zero-order valence-corrected chi connectivity index (χ0v) is 12.0. The highest BCUT2D eigenvalue weighted by molar-refractivity contribution is 7.89. The average molecular weight is 250 g/mol. The summed E-state index contributed by atoms with van der Waals surface area (Å²) in [5, 5.41) is 0. The first-order valence-corrected chi connectivity index (χ1v) is 7.57. The van der Waals surface area contributed by atoms with Gasteiger partial charge in [-0.1, -0.05) is 20.8 Å². The van der Waals surface area contributed by atoms with E-state index in [1.807, 2.05) is 21.0 Å². The van der Waals surface area contributed by atoms with Crippen LogP contribution in [-0.4, -0.2) is 45.8 Å². The van der Waals surface area contributed by atoms with E-state index in [4.69, 9.17) is 0 Å². The van der Waals surface area contributed by atoms with Crippen LogP contribution in [0.4, 0.5) is 0 Å². The normalized spacial score (nSPS) is 14.7. The van der Waals surface area contributed by atoms with Gasteiger partial charge in [-0.25, -0.2) is 13.1 Å².